The zero-order chi connectivity index (χ0) is 22.5. The Kier molecular flexibility index (Phi) is 7.01. The number of nitro groups is 1. The Bertz CT molecular complexity index is 1040. The number of benzene rings is 2. The molecule has 1 atom stereocenters. The molecule has 9 nitrogen and oxygen atoms in total. The molecule has 31 heavy (non-hydrogen) atoms. The zero-order valence-corrected chi connectivity index (χ0v) is 18.3. The molecule has 0 aromatic heterocycles. The molecular formula is C21H20BrN3O6. The quantitative estimate of drug-likeness (QED) is 0.361. The Hall–Kier alpha value is -3.27. The second kappa shape index (κ2) is 9.69. The molecule has 0 unspecified atom stereocenters. The highest BCUT2D eigenvalue weighted by atomic mass is 79.9. The van der Waals surface area contributed by atoms with Crippen molar-refractivity contribution in [2.45, 2.75) is 19.8 Å². The van der Waals surface area contributed by atoms with E-state index in [-0.39, 0.29) is 24.6 Å². The summed E-state index contributed by atoms with van der Waals surface area (Å²) in [6.45, 7) is 1.52. The van der Waals surface area contributed by atoms with E-state index in [1.165, 1.54) is 23.1 Å². The molecule has 2 aromatic carbocycles. The van der Waals surface area contributed by atoms with E-state index >= 15 is 0 Å². The standard InChI is InChI=1S/C21H20BrN3O6/c1-2-13-8-15(22)6-7-18(13)23-19(26)12-31-21(28)14-9-20(27)24(11-14)16-4-3-5-17(10-16)25(29)30/h3-8,10,14H,2,9,11-12H2,1H3,(H,23,26)/t14-/m1/s1. The SMILES string of the molecule is CCc1cc(Br)ccc1NC(=O)COC(=O)[C@@H]1CC(=O)N(c2cccc([N+](=O)[O-])c2)C1. The van der Waals surface area contributed by atoms with Crippen molar-refractivity contribution in [1.29, 1.82) is 0 Å². The summed E-state index contributed by atoms with van der Waals surface area (Å²) < 4.78 is 6.00. The van der Waals surface area contributed by atoms with Gasteiger partial charge in [0.2, 0.25) is 5.91 Å². The van der Waals surface area contributed by atoms with Crippen LogP contribution < -0.4 is 10.2 Å². The lowest BCUT2D eigenvalue weighted by atomic mass is 10.1. The van der Waals surface area contributed by atoms with Crippen LogP contribution in [0.15, 0.2) is 46.9 Å². The van der Waals surface area contributed by atoms with Crippen LogP contribution in [0, 0.1) is 16.0 Å². The lowest BCUT2D eigenvalue weighted by Crippen LogP contribution is -2.28. The van der Waals surface area contributed by atoms with Gasteiger partial charge in [-0.3, -0.25) is 24.5 Å². The van der Waals surface area contributed by atoms with Gasteiger partial charge in [-0.1, -0.05) is 28.9 Å². The van der Waals surface area contributed by atoms with Crippen LogP contribution in [0.5, 0.6) is 0 Å². The number of esters is 1. The minimum absolute atomic E-state index is 0.0349. The van der Waals surface area contributed by atoms with Crippen LogP contribution in [-0.2, 0) is 25.5 Å². The molecule has 0 spiro atoms. The number of aryl methyl sites for hydroxylation is 1. The number of nitrogens with zero attached hydrogens (tertiary/aromatic N) is 2. The maximum absolute atomic E-state index is 12.4. The van der Waals surface area contributed by atoms with Gasteiger partial charge in [-0.2, -0.15) is 0 Å². The Balaban J connectivity index is 1.57. The van der Waals surface area contributed by atoms with E-state index < -0.39 is 29.3 Å². The molecule has 1 saturated heterocycles. The van der Waals surface area contributed by atoms with Gasteiger partial charge in [-0.15, -0.1) is 0 Å². The van der Waals surface area contributed by atoms with Gasteiger partial charge < -0.3 is 15.0 Å². The van der Waals surface area contributed by atoms with E-state index in [2.05, 4.69) is 21.2 Å². The molecule has 1 N–H and O–H groups in total. The van der Waals surface area contributed by atoms with E-state index in [0.29, 0.717) is 17.8 Å². The van der Waals surface area contributed by atoms with Crippen molar-refractivity contribution in [3.8, 4) is 0 Å². The van der Waals surface area contributed by atoms with Crippen molar-refractivity contribution in [2.75, 3.05) is 23.4 Å². The molecule has 1 fully saturated rings. The third kappa shape index (κ3) is 5.46. The van der Waals surface area contributed by atoms with E-state index in [0.717, 1.165) is 10.0 Å². The lowest BCUT2D eigenvalue weighted by molar-refractivity contribution is -0.384. The number of hydrogen-bond donors (Lipinski definition) is 1. The van der Waals surface area contributed by atoms with Gasteiger partial charge in [0.15, 0.2) is 6.61 Å². The number of carbonyl (C=O) groups is 3. The van der Waals surface area contributed by atoms with Gasteiger partial charge >= 0.3 is 5.97 Å². The van der Waals surface area contributed by atoms with E-state index in [9.17, 15) is 24.5 Å². The monoisotopic (exact) mass is 489 g/mol. The summed E-state index contributed by atoms with van der Waals surface area (Å²) in [7, 11) is 0. The van der Waals surface area contributed by atoms with E-state index in [1.807, 2.05) is 13.0 Å². The van der Waals surface area contributed by atoms with Gasteiger partial charge in [-0.05, 0) is 36.2 Å². The molecule has 0 bridgehead atoms. The fourth-order valence-corrected chi connectivity index (χ4v) is 3.72. The topological polar surface area (TPSA) is 119 Å². The molecule has 0 aliphatic carbocycles. The fourth-order valence-electron chi connectivity index (χ4n) is 3.31. The predicted octanol–water partition coefficient (Wildman–Crippen LogP) is 3.45. The second-order valence-corrected chi connectivity index (χ2v) is 7.91. The van der Waals surface area contributed by atoms with Gasteiger partial charge in [-0.25, -0.2) is 0 Å². The van der Waals surface area contributed by atoms with Crippen molar-refractivity contribution < 1.29 is 24.0 Å². The highest BCUT2D eigenvalue weighted by Gasteiger charge is 2.36. The third-order valence-corrected chi connectivity index (χ3v) is 5.37. The minimum Gasteiger partial charge on any atom is -0.455 e. The van der Waals surface area contributed by atoms with Crippen LogP contribution in [0.4, 0.5) is 17.1 Å². The summed E-state index contributed by atoms with van der Waals surface area (Å²) in [4.78, 5) is 48.6. The third-order valence-electron chi connectivity index (χ3n) is 4.88. The summed E-state index contributed by atoms with van der Waals surface area (Å²) in [6.07, 6.45) is 0.627. The summed E-state index contributed by atoms with van der Waals surface area (Å²) >= 11 is 3.38. The van der Waals surface area contributed by atoms with Gasteiger partial charge in [0.25, 0.3) is 11.6 Å². The number of nitro benzene ring substituents is 1. The molecule has 2 aromatic rings. The van der Waals surface area contributed by atoms with Gasteiger partial charge in [0.05, 0.1) is 16.5 Å². The molecule has 0 saturated carbocycles. The van der Waals surface area contributed by atoms with Crippen LogP contribution in [0.2, 0.25) is 0 Å². The highest BCUT2D eigenvalue weighted by Crippen LogP contribution is 2.28. The highest BCUT2D eigenvalue weighted by molar-refractivity contribution is 9.10. The van der Waals surface area contributed by atoms with Crippen LogP contribution in [-0.4, -0.2) is 35.9 Å². The number of halogens is 1. The first kappa shape index (κ1) is 22.4. The van der Waals surface area contributed by atoms with Crippen LogP contribution in [0.3, 0.4) is 0 Å². The summed E-state index contributed by atoms with van der Waals surface area (Å²) in [5.74, 6) is -2.24. The van der Waals surface area contributed by atoms with Crippen molar-refractivity contribution in [2.24, 2.45) is 5.92 Å². The maximum Gasteiger partial charge on any atom is 0.311 e. The number of hydrogen-bond acceptors (Lipinski definition) is 6. The number of nitrogens with one attached hydrogen (secondary N) is 1. The van der Waals surface area contributed by atoms with Crippen molar-refractivity contribution in [3.63, 3.8) is 0 Å². The first-order chi connectivity index (χ1) is 14.8. The second-order valence-electron chi connectivity index (χ2n) is 6.99. The number of carbonyl (C=O) groups excluding carboxylic acids is 3. The number of amides is 2. The molecule has 1 heterocycles. The minimum atomic E-state index is -0.751. The van der Waals surface area contributed by atoms with Crippen molar-refractivity contribution in [3.05, 3.63) is 62.6 Å². The Labute approximate surface area is 186 Å². The number of ether oxygens (including phenoxy) is 1. The first-order valence-electron chi connectivity index (χ1n) is 9.58. The molecule has 2 amide bonds. The molecule has 10 heteroatoms. The smallest absolute Gasteiger partial charge is 0.311 e. The van der Waals surface area contributed by atoms with Gasteiger partial charge in [0.1, 0.15) is 0 Å². The summed E-state index contributed by atoms with van der Waals surface area (Å²) in [5.41, 5.74) is 1.77. The largest absolute Gasteiger partial charge is 0.455 e. The van der Waals surface area contributed by atoms with Crippen LogP contribution in [0.1, 0.15) is 18.9 Å². The van der Waals surface area contributed by atoms with Crippen molar-refractivity contribution >= 4 is 50.8 Å². The number of rotatable bonds is 7. The Morgan fingerprint density at radius 2 is 2.06 bits per heavy atom. The fraction of sp³-hybridized carbons (Fsp3) is 0.286. The average Bonchev–Trinajstić information content (AvgIpc) is 3.15. The first-order valence-corrected chi connectivity index (χ1v) is 10.4. The van der Waals surface area contributed by atoms with Crippen LogP contribution in [0.25, 0.3) is 0 Å². The molecule has 0 radical (unpaired) electrons. The summed E-state index contributed by atoms with van der Waals surface area (Å²) in [5, 5.41) is 13.7. The zero-order valence-electron chi connectivity index (χ0n) is 16.7. The van der Waals surface area contributed by atoms with E-state index in [4.69, 9.17) is 4.74 Å². The predicted molar refractivity (Wildman–Crippen MR) is 117 cm³/mol. The molecule has 162 valence electrons. The number of non-ortho nitro benzene ring substituents is 1. The number of anilines is 2. The molecule has 3 rings (SSSR count). The lowest BCUT2D eigenvalue weighted by Gasteiger charge is -2.16. The normalized spacial score (nSPS) is 15.6. The Morgan fingerprint density at radius 3 is 2.77 bits per heavy atom. The van der Waals surface area contributed by atoms with E-state index in [1.54, 1.807) is 18.2 Å². The average molecular weight is 490 g/mol. The summed E-state index contributed by atoms with van der Waals surface area (Å²) in [6, 6.07) is 11.1. The van der Waals surface area contributed by atoms with Gasteiger partial charge in [0, 0.05) is 35.3 Å². The Morgan fingerprint density at radius 1 is 1.29 bits per heavy atom. The van der Waals surface area contributed by atoms with Crippen molar-refractivity contribution in [1.82, 2.24) is 0 Å². The molecule has 1 aliphatic rings. The molecular weight excluding hydrogens is 470 g/mol. The van der Waals surface area contributed by atoms with Crippen LogP contribution >= 0.6 is 15.9 Å². The molecule has 1 aliphatic heterocycles. The maximum atomic E-state index is 12.4.